The highest BCUT2D eigenvalue weighted by Crippen LogP contribution is 2.30. The van der Waals surface area contributed by atoms with Crippen LogP contribution in [0.4, 0.5) is 0 Å². The predicted molar refractivity (Wildman–Crippen MR) is 146 cm³/mol. The summed E-state index contributed by atoms with van der Waals surface area (Å²) in [4.78, 5) is 12.2. The number of phenolic OH excluding ortho intramolecular Hbond substituents is 1. The third-order valence-corrected chi connectivity index (χ3v) is 5.73. The van der Waals surface area contributed by atoms with Crippen molar-refractivity contribution in [2.45, 2.75) is 19.6 Å². The van der Waals surface area contributed by atoms with E-state index in [1.165, 1.54) is 19.3 Å². The first-order valence-electron chi connectivity index (χ1n) is 12.3. The maximum atomic E-state index is 12.2. The maximum absolute atomic E-state index is 12.2. The lowest BCUT2D eigenvalue weighted by molar-refractivity contribution is -0.137. The Labute approximate surface area is 222 Å². The Bertz CT molecular complexity index is 1350. The van der Waals surface area contributed by atoms with E-state index in [-0.39, 0.29) is 12.4 Å². The van der Waals surface area contributed by atoms with E-state index in [4.69, 9.17) is 18.9 Å². The number of esters is 1. The molecule has 6 nitrogen and oxygen atoms in total. The van der Waals surface area contributed by atoms with E-state index in [9.17, 15) is 9.90 Å². The van der Waals surface area contributed by atoms with Crippen LogP contribution in [0.25, 0.3) is 6.08 Å². The van der Waals surface area contributed by atoms with Gasteiger partial charge in [0.05, 0.1) is 13.7 Å². The Morgan fingerprint density at radius 2 is 1.39 bits per heavy atom. The van der Waals surface area contributed by atoms with Crippen LogP contribution in [-0.2, 0) is 29.2 Å². The van der Waals surface area contributed by atoms with Crippen LogP contribution in [0.5, 0.6) is 23.0 Å². The average molecular weight is 511 g/mol. The standard InChI is InChI=1S/C32H30O6/c1-35-30-20-24(12-15-28(30)33)14-17-32(34)36-19-18-25-13-16-29(37-22-26-8-4-2-5-9-26)31(21-25)38-23-27-10-6-3-7-11-27/h2-17,20-21,33H,18-19,22-23H2,1H3/b17-14+. The summed E-state index contributed by atoms with van der Waals surface area (Å²) in [6, 6.07) is 30.5. The zero-order valence-electron chi connectivity index (χ0n) is 21.2. The van der Waals surface area contributed by atoms with Crippen molar-refractivity contribution in [3.63, 3.8) is 0 Å². The van der Waals surface area contributed by atoms with Gasteiger partial charge in [0.25, 0.3) is 0 Å². The molecule has 0 fully saturated rings. The maximum Gasteiger partial charge on any atom is 0.330 e. The molecule has 1 N–H and O–H groups in total. The van der Waals surface area contributed by atoms with E-state index in [0.29, 0.717) is 42.4 Å². The molecular formula is C32H30O6. The fraction of sp³-hybridized carbons (Fsp3) is 0.156. The molecule has 0 saturated heterocycles. The van der Waals surface area contributed by atoms with Crippen LogP contribution in [0.15, 0.2) is 103 Å². The molecule has 0 radical (unpaired) electrons. The third kappa shape index (κ3) is 7.90. The van der Waals surface area contributed by atoms with Gasteiger partial charge in [-0.1, -0.05) is 72.8 Å². The van der Waals surface area contributed by atoms with Crippen LogP contribution in [0.1, 0.15) is 22.3 Å². The van der Waals surface area contributed by atoms with E-state index in [0.717, 1.165) is 16.7 Å². The number of carbonyl (C=O) groups is 1. The van der Waals surface area contributed by atoms with Gasteiger partial charge in [-0.25, -0.2) is 4.79 Å². The zero-order chi connectivity index (χ0) is 26.6. The van der Waals surface area contributed by atoms with Crippen molar-refractivity contribution in [2.24, 2.45) is 0 Å². The van der Waals surface area contributed by atoms with Crippen molar-refractivity contribution in [1.29, 1.82) is 0 Å². The first-order valence-corrected chi connectivity index (χ1v) is 12.3. The number of hydrogen-bond donors (Lipinski definition) is 1. The molecular weight excluding hydrogens is 480 g/mol. The van der Waals surface area contributed by atoms with Gasteiger partial charge in [-0.05, 0) is 52.6 Å². The topological polar surface area (TPSA) is 74.2 Å². The van der Waals surface area contributed by atoms with E-state index < -0.39 is 5.97 Å². The second-order valence-corrected chi connectivity index (χ2v) is 8.51. The molecule has 0 atom stereocenters. The largest absolute Gasteiger partial charge is 0.504 e. The van der Waals surface area contributed by atoms with Gasteiger partial charge in [-0.15, -0.1) is 0 Å². The lowest BCUT2D eigenvalue weighted by Gasteiger charge is -2.15. The molecule has 194 valence electrons. The molecule has 4 aromatic carbocycles. The van der Waals surface area contributed by atoms with Crippen LogP contribution in [0.3, 0.4) is 0 Å². The van der Waals surface area contributed by atoms with Crippen LogP contribution in [0.2, 0.25) is 0 Å². The van der Waals surface area contributed by atoms with E-state index >= 15 is 0 Å². The molecule has 4 rings (SSSR count). The summed E-state index contributed by atoms with van der Waals surface area (Å²) >= 11 is 0. The smallest absolute Gasteiger partial charge is 0.330 e. The predicted octanol–water partition coefficient (Wildman–Crippen LogP) is 6.36. The van der Waals surface area contributed by atoms with Crippen LogP contribution in [0, 0.1) is 0 Å². The van der Waals surface area contributed by atoms with Crippen LogP contribution < -0.4 is 14.2 Å². The molecule has 4 aromatic rings. The van der Waals surface area contributed by atoms with Crippen molar-refractivity contribution in [3.05, 3.63) is 125 Å². The number of carbonyl (C=O) groups excluding carboxylic acids is 1. The van der Waals surface area contributed by atoms with Gasteiger partial charge in [0.15, 0.2) is 23.0 Å². The number of methoxy groups -OCH3 is 1. The van der Waals surface area contributed by atoms with E-state index in [2.05, 4.69) is 0 Å². The van der Waals surface area contributed by atoms with Gasteiger partial charge in [-0.2, -0.15) is 0 Å². The van der Waals surface area contributed by atoms with Gasteiger partial charge in [0.2, 0.25) is 0 Å². The molecule has 0 amide bonds. The molecule has 0 aromatic heterocycles. The van der Waals surface area contributed by atoms with Gasteiger partial charge in [0.1, 0.15) is 13.2 Å². The van der Waals surface area contributed by atoms with Crippen molar-refractivity contribution < 1.29 is 28.8 Å². The molecule has 0 saturated carbocycles. The quantitative estimate of drug-likeness (QED) is 0.177. The molecule has 6 heteroatoms. The highest BCUT2D eigenvalue weighted by molar-refractivity contribution is 5.87. The zero-order valence-corrected chi connectivity index (χ0v) is 21.2. The van der Waals surface area contributed by atoms with E-state index in [1.54, 1.807) is 18.2 Å². The molecule has 0 unspecified atom stereocenters. The number of hydrogen-bond acceptors (Lipinski definition) is 6. The lowest BCUT2D eigenvalue weighted by Crippen LogP contribution is -2.06. The molecule has 0 aliphatic carbocycles. The van der Waals surface area contributed by atoms with Gasteiger partial charge in [0, 0.05) is 12.5 Å². The third-order valence-electron chi connectivity index (χ3n) is 5.73. The molecule has 0 heterocycles. The first kappa shape index (κ1) is 26.4. The van der Waals surface area contributed by atoms with Gasteiger partial charge < -0.3 is 24.1 Å². The Balaban J connectivity index is 1.36. The van der Waals surface area contributed by atoms with Gasteiger partial charge >= 0.3 is 5.97 Å². The Hall–Kier alpha value is -4.71. The number of ether oxygens (including phenoxy) is 4. The number of phenols is 1. The van der Waals surface area contributed by atoms with Crippen LogP contribution in [-0.4, -0.2) is 24.8 Å². The lowest BCUT2D eigenvalue weighted by atomic mass is 10.1. The summed E-state index contributed by atoms with van der Waals surface area (Å²) in [6.45, 7) is 1.05. The SMILES string of the molecule is COc1cc(/C=C/C(=O)OCCc2ccc(OCc3ccccc3)c(OCc3ccccc3)c2)ccc1O. The van der Waals surface area contributed by atoms with Crippen molar-refractivity contribution in [1.82, 2.24) is 0 Å². The number of rotatable bonds is 12. The molecule has 0 aliphatic rings. The summed E-state index contributed by atoms with van der Waals surface area (Å²) < 4.78 is 22.6. The fourth-order valence-electron chi connectivity index (χ4n) is 3.69. The second kappa shape index (κ2) is 13.6. The summed E-state index contributed by atoms with van der Waals surface area (Å²) in [5.41, 5.74) is 3.79. The fourth-order valence-corrected chi connectivity index (χ4v) is 3.69. The number of benzene rings is 4. The Morgan fingerprint density at radius 3 is 2.05 bits per heavy atom. The van der Waals surface area contributed by atoms with Crippen molar-refractivity contribution in [3.8, 4) is 23.0 Å². The van der Waals surface area contributed by atoms with Crippen molar-refractivity contribution >= 4 is 12.0 Å². The molecule has 38 heavy (non-hydrogen) atoms. The Kier molecular flexibility index (Phi) is 9.40. The Morgan fingerprint density at radius 1 is 0.737 bits per heavy atom. The minimum Gasteiger partial charge on any atom is -0.504 e. The minimum atomic E-state index is -0.458. The molecule has 0 aliphatic heterocycles. The second-order valence-electron chi connectivity index (χ2n) is 8.51. The summed E-state index contributed by atoms with van der Waals surface area (Å²) in [6.07, 6.45) is 3.48. The average Bonchev–Trinajstić information content (AvgIpc) is 2.96. The normalized spacial score (nSPS) is 10.8. The highest BCUT2D eigenvalue weighted by atomic mass is 16.5. The first-order chi connectivity index (χ1) is 18.6. The number of aromatic hydroxyl groups is 1. The summed E-state index contributed by atoms with van der Waals surface area (Å²) in [7, 11) is 1.47. The van der Waals surface area contributed by atoms with Crippen molar-refractivity contribution in [2.75, 3.05) is 13.7 Å². The molecule has 0 bridgehead atoms. The minimum absolute atomic E-state index is 0.0378. The van der Waals surface area contributed by atoms with E-state index in [1.807, 2.05) is 78.9 Å². The van der Waals surface area contributed by atoms with Crippen LogP contribution >= 0.6 is 0 Å². The monoisotopic (exact) mass is 510 g/mol. The van der Waals surface area contributed by atoms with Gasteiger partial charge in [-0.3, -0.25) is 0 Å². The summed E-state index contributed by atoms with van der Waals surface area (Å²) in [5.74, 6) is 1.20. The summed E-state index contributed by atoms with van der Waals surface area (Å²) in [5, 5.41) is 9.69. The molecule has 0 spiro atoms. The highest BCUT2D eigenvalue weighted by Gasteiger charge is 2.09.